The zero-order chi connectivity index (χ0) is 94.7. The quantitative estimate of drug-likeness (QED) is 0.0508. The van der Waals surface area contributed by atoms with E-state index in [1.807, 2.05) is 24.6 Å². The van der Waals surface area contributed by atoms with E-state index in [2.05, 4.69) is 251 Å². The SMILES string of the molecule is C1COCCN1.CC(C)(O)C1CC[NH+](CB(F)F)CC1.CC1=Cc2c(cccc2-c2nc(Cl)nc3c(Br)csc23)C1.CC1=Cc2c(cccc2-c2nc(N3CCOCC3)nc3c(Br)csc23)C1.CC1=Cc2c(cccc2-c2nc(N3CCOCC3)nc3c(CN4CCC(C(C)(C)O)CC4)csc23)C1.CC1=Cc2c(cccc2B2OC(C)(C)C(C)(C)O2)C1.Clc1nc(Cl)c2scc(Br)c2n1.[F-]. The number of rotatable bonds is 12. The van der Waals surface area contributed by atoms with Crippen LogP contribution in [0.5, 0.6) is 0 Å². The number of nitrogens with one attached hydrogen (secondary N) is 2. The van der Waals surface area contributed by atoms with Gasteiger partial charge in [-0.3, -0.25) is 13.5 Å². The molecule has 0 spiro atoms. The molecular weight excluding hydrogens is 2050 g/mol. The van der Waals surface area contributed by atoms with Gasteiger partial charge in [0.05, 0.1) is 130 Å². The first-order valence-electron chi connectivity index (χ1n) is 45.9. The number of halogens is 9. The summed E-state index contributed by atoms with van der Waals surface area (Å²) in [7, 11) is -2.47. The molecule has 6 aliphatic heterocycles. The Hall–Kier alpha value is -6.57. The molecule has 4 aromatic carbocycles. The van der Waals surface area contributed by atoms with E-state index in [1.165, 1.54) is 99.5 Å². The first kappa shape index (κ1) is 103. The van der Waals surface area contributed by atoms with Gasteiger partial charge >= 0.3 is 14.4 Å². The summed E-state index contributed by atoms with van der Waals surface area (Å²) in [5.41, 5.74) is 27.2. The molecular formula is C100H114B2Br3Cl3F3N13O7S4. The number of morpholine rings is 3. The number of benzene rings is 4. The van der Waals surface area contributed by atoms with Gasteiger partial charge in [-0.15, -0.1) is 45.3 Å². The molecule has 4 N–H and O–H groups in total. The van der Waals surface area contributed by atoms with Crippen molar-refractivity contribution in [3.63, 3.8) is 0 Å². The molecule has 0 unspecified atom stereocenters. The Bertz CT molecular complexity index is 6370. The van der Waals surface area contributed by atoms with Crippen molar-refractivity contribution in [2.75, 3.05) is 121 Å². The summed E-state index contributed by atoms with van der Waals surface area (Å²) in [6.07, 6.45) is 17.0. The monoisotopic (exact) mass is 2160 g/mol. The van der Waals surface area contributed by atoms with Gasteiger partial charge in [0.15, 0.2) is 5.15 Å². The number of thiophene rings is 4. The number of ether oxygens (including phenoxy) is 3. The van der Waals surface area contributed by atoms with Crippen LogP contribution in [0.3, 0.4) is 0 Å². The number of aliphatic hydroxyl groups is 2. The summed E-state index contributed by atoms with van der Waals surface area (Å²) < 4.78 is 59.7. The van der Waals surface area contributed by atoms with Gasteiger partial charge in [-0.2, -0.15) is 0 Å². The second kappa shape index (κ2) is 44.7. The minimum absolute atomic E-state index is 0. The molecule has 12 aromatic rings. The number of likely N-dealkylation sites (tertiary alicyclic amines) is 2. The largest absolute Gasteiger partial charge is 1.00 e. The summed E-state index contributed by atoms with van der Waals surface area (Å²) >= 11 is 34.7. The maximum absolute atomic E-state index is 12.1. The van der Waals surface area contributed by atoms with Gasteiger partial charge < -0.3 is 58.5 Å². The smallest absolute Gasteiger partial charge is 0.592 e. The van der Waals surface area contributed by atoms with Crippen LogP contribution < -0.4 is 30.2 Å². The van der Waals surface area contributed by atoms with Crippen molar-refractivity contribution in [2.45, 2.75) is 163 Å². The molecule has 35 heteroatoms. The van der Waals surface area contributed by atoms with E-state index in [9.17, 15) is 18.8 Å². The predicted molar refractivity (Wildman–Crippen MR) is 562 cm³/mol. The van der Waals surface area contributed by atoms with Crippen molar-refractivity contribution in [3.8, 4) is 33.8 Å². The lowest BCUT2D eigenvalue weighted by Gasteiger charge is -2.37. The van der Waals surface area contributed by atoms with Gasteiger partial charge in [-0.05, 0) is 273 Å². The van der Waals surface area contributed by atoms with E-state index in [1.54, 1.807) is 47.9 Å². The van der Waals surface area contributed by atoms with Crippen LogP contribution >= 0.6 is 128 Å². The van der Waals surface area contributed by atoms with E-state index in [4.69, 9.17) is 78.3 Å². The minimum Gasteiger partial charge on any atom is -1.00 e. The van der Waals surface area contributed by atoms with Gasteiger partial charge in [-0.1, -0.05) is 131 Å². The highest BCUT2D eigenvalue weighted by Gasteiger charge is 2.52. The summed E-state index contributed by atoms with van der Waals surface area (Å²) in [5.74, 6) is 2.25. The second-order valence-electron chi connectivity index (χ2n) is 37.9. The molecule has 6 fully saturated rings. The highest BCUT2D eigenvalue weighted by Crippen LogP contribution is 2.47. The van der Waals surface area contributed by atoms with Crippen LogP contribution in [0.2, 0.25) is 15.7 Å². The van der Waals surface area contributed by atoms with Crippen molar-refractivity contribution in [2.24, 2.45) is 11.8 Å². The molecule has 20 nitrogen and oxygen atoms in total. The molecule has 0 bridgehead atoms. The number of piperidine rings is 2. The lowest BCUT2D eigenvalue weighted by Crippen LogP contribution is -3.14. The lowest BCUT2D eigenvalue weighted by molar-refractivity contribution is -0.897. The minimum atomic E-state index is -2.20. The molecule has 0 atom stereocenters. The number of anilines is 2. The van der Waals surface area contributed by atoms with Gasteiger partial charge in [0, 0.05) is 97.0 Å². The van der Waals surface area contributed by atoms with Gasteiger partial charge in [0.25, 0.3) is 0 Å². The molecule has 8 aromatic heterocycles. The van der Waals surface area contributed by atoms with Crippen LogP contribution in [0.15, 0.2) is 130 Å². The number of allylic oxidation sites excluding steroid dienone is 4. The average molecular weight is 2160 g/mol. The number of hydrogen-bond acceptors (Lipinski definition) is 23. The standard InChI is InChI=1S/C29H36N4O2S.C20H18BrN3OS.C16H21BO2.C16H10BrClN2S.C9H18BF2NO.C6HBrCl2N2S.C4H9NO.FH/c1-19-15-20-5-4-6-23(24(20)16-19)26-27-25(30-28(31-26)33-11-13-35-14-12-33)21(18-36-27)17-32-9-7-22(8-10-32)29(2,3)34;1-12-9-13-3-2-4-14(15(13)10-12)17-19-18(16(21)11-26-19)23-20(22-17)24-5-7-25-8-6-24;1-11-9-12-7-6-8-14(13(12)10-11)17-18-15(2,3)16(4,5)19-17;1-8-5-9-3-2-4-10(11(9)6-8)13-15-14(12(17)7-21-15)20-16(18)19-13;1-9(2,14)8-3-5-13(6-4-8)7-10(11)12;7-2-1-12-4-3(2)10-6(9)11-5(4)8;1-3-6-4-2-5-1;/h4-6,16,18,22,34H,7-15,17H2,1-3H3;2-4,10-11H,5-9H2,1H3;6-8,10H,9H2,1-5H3;2-4,6-7H,5H2,1H3;8,14H,3-7H2,1-2H3;1H;5H,1-4H2;1H. The molecule has 0 amide bonds. The third-order valence-electron chi connectivity index (χ3n) is 26.6. The third kappa shape index (κ3) is 24.4. The normalized spacial score (nSPS) is 18.9. The Morgan fingerprint density at radius 3 is 1.30 bits per heavy atom. The Morgan fingerprint density at radius 2 is 0.867 bits per heavy atom. The fourth-order valence-electron chi connectivity index (χ4n) is 18.7. The molecule has 4 aliphatic carbocycles. The third-order valence-corrected chi connectivity index (χ3v) is 34.0. The van der Waals surface area contributed by atoms with Crippen LogP contribution in [0.1, 0.15) is 159 Å². The maximum Gasteiger partial charge on any atom is 0.592 e. The zero-order valence-electron chi connectivity index (χ0n) is 78.1. The van der Waals surface area contributed by atoms with Crippen molar-refractivity contribution in [1.82, 2.24) is 50.1 Å². The number of quaternary nitrogens is 1. The van der Waals surface area contributed by atoms with Crippen molar-refractivity contribution < 1.29 is 52.0 Å². The summed E-state index contributed by atoms with van der Waals surface area (Å²) in [4.78, 5) is 44.9. The number of fused-ring (bicyclic) bond motifs is 8. The Labute approximate surface area is 845 Å². The average Bonchev–Trinajstić information content (AvgIpc) is 1.65. The van der Waals surface area contributed by atoms with E-state index < -0.39 is 18.5 Å². The van der Waals surface area contributed by atoms with Gasteiger partial charge in [-0.25, -0.2) is 39.9 Å². The molecule has 6 saturated heterocycles. The van der Waals surface area contributed by atoms with Crippen molar-refractivity contribution in [3.05, 3.63) is 196 Å². The maximum atomic E-state index is 12.1. The first-order valence-corrected chi connectivity index (χ1v) is 53.0. The molecule has 0 saturated carbocycles. The Morgan fingerprint density at radius 1 is 0.489 bits per heavy atom. The van der Waals surface area contributed by atoms with E-state index in [0.29, 0.717) is 24.3 Å². The Kier molecular flexibility index (Phi) is 34.1. The van der Waals surface area contributed by atoms with E-state index >= 15 is 0 Å². The highest BCUT2D eigenvalue weighted by molar-refractivity contribution is 9.11. The summed E-state index contributed by atoms with van der Waals surface area (Å²) in [6, 6.07) is 26.0. The van der Waals surface area contributed by atoms with Crippen molar-refractivity contribution in [1.29, 1.82) is 0 Å². The summed E-state index contributed by atoms with van der Waals surface area (Å²) in [6.45, 7) is 39.1. The Balaban J connectivity index is 0.000000126. The summed E-state index contributed by atoms with van der Waals surface area (Å²) in [5, 5.41) is 32.6. The topological polar surface area (TPSA) is 216 Å². The lowest BCUT2D eigenvalue weighted by atomic mass is 9.75. The molecule has 14 heterocycles. The first-order chi connectivity index (χ1) is 64.1. The fourth-order valence-corrected chi connectivity index (χ4v) is 24.9. The van der Waals surface area contributed by atoms with E-state index in [-0.39, 0.29) is 46.0 Å². The fraction of sp³-hybridized carbons (Fsp3) is 0.440. The zero-order valence-corrected chi connectivity index (χ0v) is 88.4. The number of hydrogen-bond donors (Lipinski definition) is 4. The molecule has 135 heavy (non-hydrogen) atoms. The van der Waals surface area contributed by atoms with E-state index in [0.717, 1.165) is 244 Å². The predicted octanol–water partition coefficient (Wildman–Crippen LogP) is 19.1. The van der Waals surface area contributed by atoms with Crippen LogP contribution in [0.4, 0.5) is 20.5 Å². The number of nitrogens with zero attached hydrogens (tertiary/aromatic N) is 11. The second-order valence-corrected chi connectivity index (χ2v) is 45.1. The molecule has 10 aliphatic rings. The highest BCUT2D eigenvalue weighted by atomic mass is 79.9. The van der Waals surface area contributed by atoms with Gasteiger partial charge in [0.2, 0.25) is 22.5 Å². The molecule has 714 valence electrons. The van der Waals surface area contributed by atoms with Crippen LogP contribution in [-0.2, 0) is 55.7 Å². The van der Waals surface area contributed by atoms with Crippen LogP contribution in [-0.4, -0.2) is 203 Å². The van der Waals surface area contributed by atoms with Crippen LogP contribution in [0, 0.1) is 11.8 Å². The molecule has 22 rings (SSSR count). The van der Waals surface area contributed by atoms with Crippen molar-refractivity contribution >= 4 is 225 Å². The van der Waals surface area contributed by atoms with Gasteiger partial charge in [0.1, 0.15) is 23.0 Å². The van der Waals surface area contributed by atoms with Crippen LogP contribution in [0.25, 0.3) is 98.9 Å². The number of aromatic nitrogens is 8. The molecule has 0 radical (unpaired) electrons.